The van der Waals surface area contributed by atoms with Crippen LogP contribution in [0.4, 0.5) is 5.00 Å². The van der Waals surface area contributed by atoms with Gasteiger partial charge in [0.1, 0.15) is 10.7 Å². The highest BCUT2D eigenvalue weighted by Crippen LogP contribution is 2.38. The van der Waals surface area contributed by atoms with Gasteiger partial charge in [-0.15, -0.1) is 11.3 Å². The molecular formula is C19H19N3O4S. The highest BCUT2D eigenvalue weighted by atomic mass is 32.1. The minimum atomic E-state index is -0.384. The molecule has 3 heterocycles. The second-order valence-electron chi connectivity index (χ2n) is 6.23. The van der Waals surface area contributed by atoms with E-state index in [0.29, 0.717) is 28.6 Å². The van der Waals surface area contributed by atoms with E-state index in [9.17, 15) is 9.59 Å². The van der Waals surface area contributed by atoms with E-state index in [1.165, 1.54) is 11.3 Å². The predicted molar refractivity (Wildman–Crippen MR) is 101 cm³/mol. The van der Waals surface area contributed by atoms with Crippen LogP contribution in [0.2, 0.25) is 0 Å². The Balaban J connectivity index is 1.61. The molecule has 0 bridgehead atoms. The molecule has 3 aromatic rings. The molecule has 0 saturated carbocycles. The van der Waals surface area contributed by atoms with Crippen LogP contribution in [0.25, 0.3) is 11.5 Å². The van der Waals surface area contributed by atoms with Crippen LogP contribution in [0.5, 0.6) is 0 Å². The molecule has 0 radical (unpaired) electrons. The van der Waals surface area contributed by atoms with Gasteiger partial charge in [0.05, 0.1) is 18.4 Å². The number of carbonyl (C=O) groups is 2. The maximum atomic E-state index is 12.7. The molecule has 1 aliphatic rings. The first-order valence-corrected chi connectivity index (χ1v) is 9.71. The number of H-pyrrole nitrogens is 1. The number of rotatable bonds is 5. The van der Waals surface area contributed by atoms with E-state index in [1.54, 1.807) is 31.4 Å². The number of amides is 1. The number of fused-ring (bicyclic) bond motifs is 1. The number of anilines is 1. The second-order valence-corrected chi connectivity index (χ2v) is 7.34. The summed E-state index contributed by atoms with van der Waals surface area (Å²) in [5, 5.41) is 10.2. The van der Waals surface area contributed by atoms with Crippen molar-refractivity contribution in [2.45, 2.75) is 32.6 Å². The van der Waals surface area contributed by atoms with Gasteiger partial charge in [-0.25, -0.2) is 4.79 Å². The largest absolute Gasteiger partial charge is 0.463 e. The van der Waals surface area contributed by atoms with Crippen molar-refractivity contribution in [2.24, 2.45) is 0 Å². The van der Waals surface area contributed by atoms with Crippen molar-refractivity contribution in [3.63, 3.8) is 0 Å². The third-order valence-electron chi connectivity index (χ3n) is 4.48. The summed E-state index contributed by atoms with van der Waals surface area (Å²) in [5.74, 6) is -0.168. The molecule has 7 nitrogen and oxygen atoms in total. The Morgan fingerprint density at radius 1 is 1.37 bits per heavy atom. The molecule has 1 aliphatic carbocycles. The van der Waals surface area contributed by atoms with Gasteiger partial charge < -0.3 is 14.5 Å². The Bertz CT molecular complexity index is 971. The normalized spacial score (nSPS) is 13.2. The summed E-state index contributed by atoms with van der Waals surface area (Å²) in [7, 11) is 0. The summed E-state index contributed by atoms with van der Waals surface area (Å²) < 4.78 is 10.5. The number of thiophene rings is 1. The van der Waals surface area contributed by atoms with E-state index in [1.807, 2.05) is 0 Å². The molecule has 0 saturated heterocycles. The van der Waals surface area contributed by atoms with Crippen molar-refractivity contribution in [3.05, 3.63) is 46.2 Å². The second kappa shape index (κ2) is 7.40. The van der Waals surface area contributed by atoms with E-state index in [-0.39, 0.29) is 17.6 Å². The lowest BCUT2D eigenvalue weighted by Crippen LogP contribution is -2.16. The summed E-state index contributed by atoms with van der Waals surface area (Å²) in [6, 6.07) is 5.16. The maximum Gasteiger partial charge on any atom is 0.341 e. The molecule has 0 aromatic carbocycles. The standard InChI is InChI=1S/C19H19N3O4S/c1-2-25-19(24)16-11-6-3-4-8-15(11)27-18(16)20-17(23)13-10-12(21-22-13)14-7-5-9-26-14/h5,7,9-10H,2-4,6,8H2,1H3,(H,20,23)(H,21,22). The maximum absolute atomic E-state index is 12.7. The van der Waals surface area contributed by atoms with Crippen molar-refractivity contribution in [3.8, 4) is 11.5 Å². The molecule has 4 rings (SSSR count). The van der Waals surface area contributed by atoms with Crippen molar-refractivity contribution >= 4 is 28.2 Å². The first kappa shape index (κ1) is 17.5. The van der Waals surface area contributed by atoms with Crippen molar-refractivity contribution in [1.82, 2.24) is 10.2 Å². The average Bonchev–Trinajstić information content (AvgIpc) is 3.40. The predicted octanol–water partition coefficient (Wildman–Crippen LogP) is 4.04. The van der Waals surface area contributed by atoms with Crippen LogP contribution < -0.4 is 5.32 Å². The first-order valence-electron chi connectivity index (χ1n) is 8.89. The van der Waals surface area contributed by atoms with Gasteiger partial charge in [-0.2, -0.15) is 5.10 Å². The quantitative estimate of drug-likeness (QED) is 0.646. The fourth-order valence-corrected chi connectivity index (χ4v) is 4.51. The van der Waals surface area contributed by atoms with Gasteiger partial charge in [0.2, 0.25) is 0 Å². The molecule has 3 aromatic heterocycles. The van der Waals surface area contributed by atoms with Gasteiger partial charge in [-0.05, 0) is 50.3 Å². The third-order valence-corrected chi connectivity index (χ3v) is 5.68. The SMILES string of the molecule is CCOC(=O)c1c(NC(=O)c2cc(-c3ccco3)[nH]n2)sc2c1CCCC2. The summed E-state index contributed by atoms with van der Waals surface area (Å²) in [5.41, 5.74) is 2.34. The van der Waals surface area contributed by atoms with E-state index < -0.39 is 0 Å². The molecule has 2 N–H and O–H groups in total. The monoisotopic (exact) mass is 385 g/mol. The van der Waals surface area contributed by atoms with Crippen LogP contribution in [0.15, 0.2) is 28.9 Å². The lowest BCUT2D eigenvalue weighted by atomic mass is 9.95. The molecule has 0 aliphatic heterocycles. The van der Waals surface area contributed by atoms with Gasteiger partial charge in [-0.1, -0.05) is 0 Å². The average molecular weight is 385 g/mol. The number of aryl methyl sites for hydroxylation is 1. The zero-order chi connectivity index (χ0) is 18.8. The fraction of sp³-hybridized carbons (Fsp3) is 0.316. The van der Waals surface area contributed by atoms with Crippen LogP contribution in [0.1, 0.15) is 51.1 Å². The number of ether oxygens (including phenoxy) is 1. The molecule has 0 unspecified atom stereocenters. The molecule has 8 heteroatoms. The van der Waals surface area contributed by atoms with Crippen molar-refractivity contribution in [2.75, 3.05) is 11.9 Å². The van der Waals surface area contributed by atoms with Crippen LogP contribution in [0, 0.1) is 0 Å². The van der Waals surface area contributed by atoms with Gasteiger partial charge in [0, 0.05) is 10.9 Å². The molecular weight excluding hydrogens is 366 g/mol. The Hall–Kier alpha value is -2.87. The number of carbonyl (C=O) groups excluding carboxylic acids is 2. The number of furan rings is 1. The Kier molecular flexibility index (Phi) is 4.81. The van der Waals surface area contributed by atoms with Crippen LogP contribution in [0.3, 0.4) is 0 Å². The minimum Gasteiger partial charge on any atom is -0.463 e. The Morgan fingerprint density at radius 2 is 2.22 bits per heavy atom. The number of nitrogens with one attached hydrogen (secondary N) is 2. The zero-order valence-electron chi connectivity index (χ0n) is 14.8. The first-order chi connectivity index (χ1) is 13.2. The van der Waals surface area contributed by atoms with E-state index in [0.717, 1.165) is 36.1 Å². The lowest BCUT2D eigenvalue weighted by molar-refractivity contribution is 0.0526. The minimum absolute atomic E-state index is 0.225. The number of aromatic amines is 1. The molecule has 1 amide bonds. The zero-order valence-corrected chi connectivity index (χ0v) is 15.6. The van der Waals surface area contributed by atoms with E-state index in [2.05, 4.69) is 15.5 Å². The lowest BCUT2D eigenvalue weighted by Gasteiger charge is -2.12. The van der Waals surface area contributed by atoms with Crippen LogP contribution in [-0.2, 0) is 17.6 Å². The highest BCUT2D eigenvalue weighted by Gasteiger charge is 2.27. The van der Waals surface area contributed by atoms with Crippen LogP contribution >= 0.6 is 11.3 Å². The number of esters is 1. The number of hydrogen-bond donors (Lipinski definition) is 2. The molecule has 0 fully saturated rings. The summed E-state index contributed by atoms with van der Waals surface area (Å²) in [4.78, 5) is 26.3. The number of nitrogens with zero attached hydrogens (tertiary/aromatic N) is 1. The van der Waals surface area contributed by atoms with Crippen molar-refractivity contribution in [1.29, 1.82) is 0 Å². The smallest absolute Gasteiger partial charge is 0.341 e. The van der Waals surface area contributed by atoms with E-state index >= 15 is 0 Å². The molecule has 0 atom stereocenters. The number of hydrogen-bond acceptors (Lipinski definition) is 6. The summed E-state index contributed by atoms with van der Waals surface area (Å²) >= 11 is 1.45. The Labute approximate surface area is 159 Å². The molecule has 27 heavy (non-hydrogen) atoms. The third kappa shape index (κ3) is 3.40. The number of aromatic nitrogens is 2. The highest BCUT2D eigenvalue weighted by molar-refractivity contribution is 7.17. The van der Waals surface area contributed by atoms with Gasteiger partial charge in [0.25, 0.3) is 5.91 Å². The molecule has 140 valence electrons. The summed E-state index contributed by atoms with van der Waals surface area (Å²) in [6.07, 6.45) is 5.44. The summed E-state index contributed by atoms with van der Waals surface area (Å²) in [6.45, 7) is 2.07. The van der Waals surface area contributed by atoms with Gasteiger partial charge in [-0.3, -0.25) is 9.89 Å². The fourth-order valence-electron chi connectivity index (χ4n) is 3.24. The van der Waals surface area contributed by atoms with Gasteiger partial charge in [0.15, 0.2) is 11.5 Å². The van der Waals surface area contributed by atoms with Crippen LogP contribution in [-0.4, -0.2) is 28.7 Å². The van der Waals surface area contributed by atoms with Crippen molar-refractivity contribution < 1.29 is 18.7 Å². The Morgan fingerprint density at radius 3 is 3.00 bits per heavy atom. The van der Waals surface area contributed by atoms with E-state index in [4.69, 9.17) is 9.15 Å². The topological polar surface area (TPSA) is 97.2 Å². The molecule has 0 spiro atoms. The van der Waals surface area contributed by atoms with Gasteiger partial charge >= 0.3 is 5.97 Å².